The van der Waals surface area contributed by atoms with Crippen molar-refractivity contribution >= 4 is 39.7 Å². The average molecular weight is 626 g/mol. The van der Waals surface area contributed by atoms with E-state index in [0.29, 0.717) is 41.4 Å². The molecule has 0 fully saturated rings. The lowest BCUT2D eigenvalue weighted by Crippen LogP contribution is -2.21. The van der Waals surface area contributed by atoms with E-state index < -0.39 is 0 Å². The number of rotatable bonds is 9. The molecule has 0 bridgehead atoms. The van der Waals surface area contributed by atoms with Crippen LogP contribution in [0.15, 0.2) is 58.4 Å². The molecule has 3 aromatic carbocycles. The zero-order chi connectivity index (χ0) is 27.4. The summed E-state index contributed by atoms with van der Waals surface area (Å²) in [7, 11) is 1.60. The molecule has 0 atom stereocenters. The highest BCUT2D eigenvalue weighted by molar-refractivity contribution is 14.1. The van der Waals surface area contributed by atoms with Crippen LogP contribution in [0.3, 0.4) is 0 Å². The zero-order valence-corrected chi connectivity index (χ0v) is 24.7. The summed E-state index contributed by atoms with van der Waals surface area (Å²) >= 11 is 2.21. The molecule has 0 spiro atoms. The maximum atomic E-state index is 13.7. The zero-order valence-electron chi connectivity index (χ0n) is 22.5. The number of ether oxygens (including phenoxy) is 3. The van der Waals surface area contributed by atoms with E-state index in [1.54, 1.807) is 19.4 Å². The fraction of sp³-hybridized carbons (Fsp3) is 0.300. The molecule has 1 aromatic heterocycles. The standard InChI is InChI=1S/C30H32IN3O4/c1-7-37-26-13-19(5)23(16-22(26)18(3)4)29-33-25-12-10-9-11-21(25)30(35)34(29)32-17-20-14-24(31)28(38-8-2)27(15-20)36-6/h9-18H,7-8H2,1-6H3. The maximum absolute atomic E-state index is 13.7. The minimum absolute atomic E-state index is 0.221. The lowest BCUT2D eigenvalue weighted by atomic mass is 9.96. The normalized spacial score (nSPS) is 11.5. The Morgan fingerprint density at radius 3 is 2.47 bits per heavy atom. The van der Waals surface area contributed by atoms with Crippen molar-refractivity contribution in [1.29, 1.82) is 0 Å². The monoisotopic (exact) mass is 625 g/mol. The van der Waals surface area contributed by atoms with Gasteiger partial charge < -0.3 is 14.2 Å². The SMILES string of the molecule is CCOc1cc(C)c(-c2nc3ccccc3c(=O)n2N=Cc2cc(I)c(OCC)c(OC)c2)cc1C(C)C. The van der Waals surface area contributed by atoms with Crippen molar-refractivity contribution in [2.24, 2.45) is 5.10 Å². The Bertz CT molecular complexity index is 1560. The molecule has 7 nitrogen and oxygen atoms in total. The fourth-order valence-corrected chi connectivity index (χ4v) is 5.08. The van der Waals surface area contributed by atoms with Crippen LogP contribution >= 0.6 is 22.6 Å². The highest BCUT2D eigenvalue weighted by Crippen LogP contribution is 2.35. The summed E-state index contributed by atoms with van der Waals surface area (Å²) in [5.41, 5.74) is 3.98. The van der Waals surface area contributed by atoms with Gasteiger partial charge in [0.25, 0.3) is 5.56 Å². The Balaban J connectivity index is 1.94. The number of aromatic nitrogens is 2. The first-order chi connectivity index (χ1) is 18.3. The first kappa shape index (κ1) is 27.6. The predicted molar refractivity (Wildman–Crippen MR) is 161 cm³/mol. The first-order valence-corrected chi connectivity index (χ1v) is 13.7. The van der Waals surface area contributed by atoms with Gasteiger partial charge in [0.05, 0.1) is 41.0 Å². The number of nitrogens with zero attached hydrogens (tertiary/aromatic N) is 3. The molecule has 0 aliphatic carbocycles. The van der Waals surface area contributed by atoms with E-state index in [9.17, 15) is 4.79 Å². The van der Waals surface area contributed by atoms with Gasteiger partial charge in [-0.15, -0.1) is 0 Å². The Labute approximate surface area is 236 Å². The van der Waals surface area contributed by atoms with Gasteiger partial charge in [0.2, 0.25) is 0 Å². The molecule has 1 heterocycles. The highest BCUT2D eigenvalue weighted by atomic mass is 127. The van der Waals surface area contributed by atoms with E-state index in [0.717, 1.165) is 31.6 Å². The number of para-hydroxylation sites is 1. The molecule has 8 heteroatoms. The van der Waals surface area contributed by atoms with Gasteiger partial charge in [0, 0.05) is 5.56 Å². The van der Waals surface area contributed by atoms with E-state index >= 15 is 0 Å². The van der Waals surface area contributed by atoms with Crippen LogP contribution in [0.1, 0.15) is 50.3 Å². The third-order valence-corrected chi connectivity index (χ3v) is 6.94. The van der Waals surface area contributed by atoms with Crippen molar-refractivity contribution in [3.05, 3.63) is 79.1 Å². The largest absolute Gasteiger partial charge is 0.494 e. The average Bonchev–Trinajstić information content (AvgIpc) is 2.89. The van der Waals surface area contributed by atoms with E-state index in [4.69, 9.17) is 19.2 Å². The van der Waals surface area contributed by atoms with E-state index in [1.807, 2.05) is 57.2 Å². The molecule has 0 aliphatic rings. The molecule has 0 radical (unpaired) electrons. The number of aryl methyl sites for hydroxylation is 1. The van der Waals surface area contributed by atoms with Crippen LogP contribution < -0.4 is 19.8 Å². The summed E-state index contributed by atoms with van der Waals surface area (Å²) in [5, 5.41) is 5.15. The molecule has 0 saturated carbocycles. The molecule has 4 aromatic rings. The topological polar surface area (TPSA) is 74.9 Å². The summed E-state index contributed by atoms with van der Waals surface area (Å²) in [5.74, 6) is 2.83. The van der Waals surface area contributed by atoms with Crippen LogP contribution in [-0.4, -0.2) is 36.2 Å². The summed E-state index contributed by atoms with van der Waals surface area (Å²) in [6.07, 6.45) is 1.65. The third-order valence-electron chi connectivity index (χ3n) is 6.14. The Hall–Kier alpha value is -3.40. The second kappa shape index (κ2) is 12.0. The Morgan fingerprint density at radius 2 is 1.79 bits per heavy atom. The fourth-order valence-electron chi connectivity index (χ4n) is 4.30. The Morgan fingerprint density at radius 1 is 1.05 bits per heavy atom. The van der Waals surface area contributed by atoms with Crippen LogP contribution in [0.5, 0.6) is 17.2 Å². The lowest BCUT2D eigenvalue weighted by Gasteiger charge is -2.18. The van der Waals surface area contributed by atoms with E-state index in [1.165, 1.54) is 4.68 Å². The van der Waals surface area contributed by atoms with Crippen LogP contribution in [0.4, 0.5) is 0 Å². The molecule has 0 unspecified atom stereocenters. The minimum atomic E-state index is -0.242. The second-order valence-electron chi connectivity index (χ2n) is 9.07. The van der Waals surface area contributed by atoms with Crippen molar-refractivity contribution in [1.82, 2.24) is 9.66 Å². The molecular weight excluding hydrogens is 593 g/mol. The minimum Gasteiger partial charge on any atom is -0.494 e. The van der Waals surface area contributed by atoms with Crippen LogP contribution in [0, 0.1) is 10.5 Å². The number of benzene rings is 3. The Kier molecular flexibility index (Phi) is 8.71. The van der Waals surface area contributed by atoms with Crippen molar-refractivity contribution in [3.63, 3.8) is 0 Å². The maximum Gasteiger partial charge on any atom is 0.282 e. The van der Waals surface area contributed by atoms with Gasteiger partial charge in [0.15, 0.2) is 17.3 Å². The highest BCUT2D eigenvalue weighted by Gasteiger charge is 2.19. The van der Waals surface area contributed by atoms with E-state index in [2.05, 4.69) is 47.6 Å². The van der Waals surface area contributed by atoms with Crippen molar-refractivity contribution < 1.29 is 14.2 Å². The van der Waals surface area contributed by atoms with Crippen molar-refractivity contribution in [3.8, 4) is 28.6 Å². The van der Waals surface area contributed by atoms with Gasteiger partial charge in [-0.1, -0.05) is 26.0 Å². The van der Waals surface area contributed by atoms with Gasteiger partial charge in [-0.3, -0.25) is 4.79 Å². The quantitative estimate of drug-likeness (QED) is 0.151. The van der Waals surface area contributed by atoms with Crippen molar-refractivity contribution in [2.45, 2.75) is 40.5 Å². The van der Waals surface area contributed by atoms with Crippen LogP contribution in [-0.2, 0) is 0 Å². The van der Waals surface area contributed by atoms with E-state index in [-0.39, 0.29) is 11.5 Å². The predicted octanol–water partition coefficient (Wildman–Crippen LogP) is 6.79. The van der Waals surface area contributed by atoms with Gasteiger partial charge in [0.1, 0.15) is 5.75 Å². The summed E-state index contributed by atoms with van der Waals surface area (Å²) in [6, 6.07) is 15.2. The molecular formula is C30H32IN3O4. The summed E-state index contributed by atoms with van der Waals surface area (Å²) in [6.45, 7) is 11.2. The van der Waals surface area contributed by atoms with Crippen molar-refractivity contribution in [2.75, 3.05) is 20.3 Å². The number of fused-ring (bicyclic) bond motifs is 1. The molecule has 0 N–H and O–H groups in total. The van der Waals surface area contributed by atoms with Crippen LogP contribution in [0.25, 0.3) is 22.3 Å². The first-order valence-electron chi connectivity index (χ1n) is 12.6. The molecule has 4 rings (SSSR count). The summed E-state index contributed by atoms with van der Waals surface area (Å²) in [4.78, 5) is 18.6. The number of methoxy groups -OCH3 is 1. The molecule has 0 aliphatic heterocycles. The smallest absolute Gasteiger partial charge is 0.282 e. The van der Waals surface area contributed by atoms with Gasteiger partial charge in [-0.2, -0.15) is 9.78 Å². The van der Waals surface area contributed by atoms with Gasteiger partial charge in [-0.05, 0) is 102 Å². The lowest BCUT2D eigenvalue weighted by molar-refractivity contribution is 0.308. The molecule has 198 valence electrons. The molecule has 0 saturated heterocycles. The van der Waals surface area contributed by atoms with Gasteiger partial charge in [-0.25, -0.2) is 4.98 Å². The van der Waals surface area contributed by atoms with Gasteiger partial charge >= 0.3 is 0 Å². The third kappa shape index (κ3) is 5.55. The molecule has 0 amide bonds. The number of halogens is 1. The summed E-state index contributed by atoms with van der Waals surface area (Å²) < 4.78 is 19.5. The second-order valence-corrected chi connectivity index (χ2v) is 10.2. The van der Waals surface area contributed by atoms with Crippen LogP contribution in [0.2, 0.25) is 0 Å². The number of hydrogen-bond donors (Lipinski definition) is 0. The number of hydrogen-bond acceptors (Lipinski definition) is 6. The molecule has 38 heavy (non-hydrogen) atoms.